The van der Waals surface area contributed by atoms with Crippen LogP contribution in [-0.4, -0.2) is 60.5 Å². The number of urea groups is 1. The molecule has 3 heterocycles. The van der Waals surface area contributed by atoms with Crippen LogP contribution in [0.2, 0.25) is 0 Å². The highest BCUT2D eigenvalue weighted by molar-refractivity contribution is 7.90. The van der Waals surface area contributed by atoms with Crippen molar-refractivity contribution in [2.45, 2.75) is 44.6 Å². The van der Waals surface area contributed by atoms with Crippen molar-refractivity contribution in [3.63, 3.8) is 0 Å². The van der Waals surface area contributed by atoms with Gasteiger partial charge in [0.2, 0.25) is 5.95 Å². The number of anilines is 4. The molecule has 1 saturated heterocycles. The maximum Gasteiger partial charge on any atom is 0.320 e. The Labute approximate surface area is 228 Å². The molecule has 204 valence electrons. The highest BCUT2D eigenvalue weighted by Crippen LogP contribution is 2.32. The minimum absolute atomic E-state index is 0.180. The molecule has 1 aromatic carbocycles. The molecule has 0 spiro atoms. The van der Waals surface area contributed by atoms with Crippen LogP contribution < -0.4 is 20.9 Å². The number of para-hydroxylation sites is 2. The number of carbonyl (C=O) groups is 1. The van der Waals surface area contributed by atoms with Crippen molar-refractivity contribution >= 4 is 50.0 Å². The van der Waals surface area contributed by atoms with Gasteiger partial charge in [0, 0.05) is 37.1 Å². The third kappa shape index (κ3) is 6.75. The van der Waals surface area contributed by atoms with E-state index in [1.54, 1.807) is 12.3 Å². The van der Waals surface area contributed by atoms with E-state index in [0.29, 0.717) is 28.4 Å². The Hall–Kier alpha value is -3.91. The summed E-state index contributed by atoms with van der Waals surface area (Å²) in [7, 11) is -2.99. The fourth-order valence-corrected chi connectivity index (χ4v) is 6.59. The van der Waals surface area contributed by atoms with Gasteiger partial charge < -0.3 is 15.5 Å². The Balaban J connectivity index is 1.33. The molecule has 0 radical (unpaired) electrons. The third-order valence-electron chi connectivity index (χ3n) is 7.30. The van der Waals surface area contributed by atoms with Crippen LogP contribution in [0.4, 0.5) is 27.9 Å². The summed E-state index contributed by atoms with van der Waals surface area (Å²) < 4.78 is 23.4. The summed E-state index contributed by atoms with van der Waals surface area (Å²) in [4.78, 5) is 28.3. The van der Waals surface area contributed by atoms with E-state index < -0.39 is 9.84 Å². The first kappa shape index (κ1) is 26.7. The van der Waals surface area contributed by atoms with Gasteiger partial charge >= 0.3 is 6.03 Å². The number of piperidine rings is 1. The second kappa shape index (κ2) is 11.5. The summed E-state index contributed by atoms with van der Waals surface area (Å²) in [6, 6.07) is 9.41. The number of hydrogen-bond acceptors (Lipinski definition) is 8. The number of fused-ring (bicyclic) bond motifs is 1. The molecule has 10 nitrogen and oxygen atoms in total. The smallest absolute Gasteiger partial charge is 0.320 e. The molecule has 1 aliphatic carbocycles. The molecule has 2 aliphatic rings. The third-order valence-corrected chi connectivity index (χ3v) is 8.37. The van der Waals surface area contributed by atoms with Crippen molar-refractivity contribution in [3.05, 3.63) is 42.1 Å². The van der Waals surface area contributed by atoms with Gasteiger partial charge in [0.15, 0.2) is 5.65 Å². The molecule has 2 aromatic heterocycles. The predicted molar refractivity (Wildman–Crippen MR) is 154 cm³/mol. The minimum Gasteiger partial charge on any atom is -0.370 e. The Morgan fingerprint density at radius 1 is 1.13 bits per heavy atom. The predicted octanol–water partition coefficient (Wildman–Crippen LogP) is 4.07. The maximum absolute atomic E-state index is 12.5. The summed E-state index contributed by atoms with van der Waals surface area (Å²) in [5, 5.41) is 9.70. The lowest BCUT2D eigenvalue weighted by Crippen LogP contribution is -2.36. The van der Waals surface area contributed by atoms with Crippen molar-refractivity contribution in [1.82, 2.24) is 20.3 Å². The molecule has 3 aromatic rings. The van der Waals surface area contributed by atoms with Crippen LogP contribution in [0.1, 0.15) is 44.1 Å². The Bertz CT molecular complexity index is 1510. The van der Waals surface area contributed by atoms with Crippen molar-refractivity contribution in [2.75, 3.05) is 40.6 Å². The maximum atomic E-state index is 12.5. The lowest BCUT2D eigenvalue weighted by atomic mass is 9.98. The summed E-state index contributed by atoms with van der Waals surface area (Å²) in [5.74, 6) is 3.73. The molecule has 0 bridgehead atoms. The molecule has 3 N–H and O–H groups in total. The number of pyridine rings is 1. The first-order valence-electron chi connectivity index (χ1n) is 13.3. The second-order valence-electron chi connectivity index (χ2n) is 10.4. The number of rotatable bonds is 7. The molecule has 39 heavy (non-hydrogen) atoms. The number of benzene rings is 1. The zero-order valence-electron chi connectivity index (χ0n) is 22.0. The summed E-state index contributed by atoms with van der Waals surface area (Å²) >= 11 is 0. The number of terminal acetylenes is 1. The van der Waals surface area contributed by atoms with Gasteiger partial charge in [0.05, 0.1) is 22.5 Å². The molecular weight excluding hydrogens is 514 g/mol. The first-order chi connectivity index (χ1) is 18.8. The molecule has 11 heteroatoms. The molecule has 0 unspecified atom stereocenters. The average Bonchev–Trinajstić information content (AvgIpc) is 3.41. The summed E-state index contributed by atoms with van der Waals surface area (Å²) in [5.41, 5.74) is 2.74. The number of nitrogens with zero attached hydrogens (tertiary/aromatic N) is 4. The summed E-state index contributed by atoms with van der Waals surface area (Å²) in [6.07, 6.45) is 14.5. The Morgan fingerprint density at radius 2 is 1.87 bits per heavy atom. The van der Waals surface area contributed by atoms with Gasteiger partial charge in [-0.25, -0.2) is 23.2 Å². The second-order valence-corrected chi connectivity index (χ2v) is 12.6. The van der Waals surface area contributed by atoms with Gasteiger partial charge in [0.1, 0.15) is 15.7 Å². The van der Waals surface area contributed by atoms with Crippen LogP contribution in [0.5, 0.6) is 0 Å². The SMILES string of the molecule is C#Cc1cc(NC(=O)NC2CCCC2)nc2nc(Nc3ccccc3N3CCC(CS(C)(=O)=O)CC3)ncc12. The molecule has 2 amide bonds. The van der Waals surface area contributed by atoms with Crippen LogP contribution >= 0.6 is 0 Å². The van der Waals surface area contributed by atoms with Crippen LogP contribution in [0, 0.1) is 18.3 Å². The number of aromatic nitrogens is 3. The highest BCUT2D eigenvalue weighted by atomic mass is 32.2. The van der Waals surface area contributed by atoms with E-state index in [-0.39, 0.29) is 23.7 Å². The van der Waals surface area contributed by atoms with Crippen molar-refractivity contribution < 1.29 is 13.2 Å². The normalized spacial score (nSPS) is 16.7. The fraction of sp³-hybridized carbons (Fsp3) is 0.429. The van der Waals surface area contributed by atoms with Gasteiger partial charge in [-0.1, -0.05) is 30.9 Å². The number of nitrogens with one attached hydrogen (secondary N) is 3. The fourth-order valence-electron chi connectivity index (χ4n) is 5.40. The van der Waals surface area contributed by atoms with Crippen molar-refractivity contribution in [1.29, 1.82) is 0 Å². The number of carbonyl (C=O) groups excluding carboxylic acids is 1. The molecule has 1 aliphatic heterocycles. The van der Waals surface area contributed by atoms with Crippen molar-refractivity contribution in [2.24, 2.45) is 5.92 Å². The monoisotopic (exact) mass is 547 g/mol. The molecule has 1 saturated carbocycles. The van der Waals surface area contributed by atoms with E-state index in [0.717, 1.165) is 63.0 Å². The van der Waals surface area contributed by atoms with Gasteiger partial charge in [0.25, 0.3) is 0 Å². The average molecular weight is 548 g/mol. The molecular formula is C28H33N7O3S. The van der Waals surface area contributed by atoms with E-state index in [4.69, 9.17) is 6.42 Å². The zero-order chi connectivity index (χ0) is 27.4. The van der Waals surface area contributed by atoms with Gasteiger partial charge in [-0.15, -0.1) is 6.42 Å². The lowest BCUT2D eigenvalue weighted by Gasteiger charge is -2.34. The topological polar surface area (TPSA) is 129 Å². The van der Waals surface area contributed by atoms with Crippen LogP contribution in [-0.2, 0) is 9.84 Å². The van der Waals surface area contributed by atoms with Crippen LogP contribution in [0.3, 0.4) is 0 Å². The van der Waals surface area contributed by atoms with E-state index in [9.17, 15) is 13.2 Å². The van der Waals surface area contributed by atoms with Crippen LogP contribution in [0.15, 0.2) is 36.5 Å². The summed E-state index contributed by atoms with van der Waals surface area (Å²) in [6.45, 7) is 1.53. The highest BCUT2D eigenvalue weighted by Gasteiger charge is 2.24. The quantitative estimate of drug-likeness (QED) is 0.378. The van der Waals surface area contributed by atoms with Gasteiger partial charge in [-0.3, -0.25) is 5.32 Å². The van der Waals surface area contributed by atoms with Crippen molar-refractivity contribution in [3.8, 4) is 12.3 Å². The van der Waals surface area contributed by atoms with Gasteiger partial charge in [-0.05, 0) is 49.8 Å². The first-order valence-corrected chi connectivity index (χ1v) is 15.3. The minimum atomic E-state index is -2.99. The van der Waals surface area contributed by atoms with E-state index in [1.807, 2.05) is 24.3 Å². The number of hydrogen-bond donors (Lipinski definition) is 3. The standard InChI is InChI=1S/C28H33N7O3S/c1-3-20-16-25(33-28(36)30-21-8-4-5-9-21)32-26-22(20)17-29-27(34-26)31-23-10-6-7-11-24(23)35-14-12-19(13-15-35)18-39(2,37)38/h1,6-7,10-11,16-17,19,21H,4-5,8-9,12-15,18H2,2H3,(H3,29,30,31,32,33,34,36). The zero-order valence-corrected chi connectivity index (χ0v) is 22.8. The Morgan fingerprint density at radius 3 is 2.59 bits per heavy atom. The van der Waals surface area contributed by atoms with E-state index >= 15 is 0 Å². The van der Waals surface area contributed by atoms with Crippen LogP contribution in [0.25, 0.3) is 11.0 Å². The van der Waals surface area contributed by atoms with E-state index in [2.05, 4.69) is 41.7 Å². The molecule has 5 rings (SSSR count). The number of amides is 2. The number of sulfone groups is 1. The largest absolute Gasteiger partial charge is 0.370 e. The van der Waals surface area contributed by atoms with Gasteiger partial charge in [-0.2, -0.15) is 4.98 Å². The Kier molecular flexibility index (Phi) is 7.84. The lowest BCUT2D eigenvalue weighted by molar-refractivity contribution is 0.248. The van der Waals surface area contributed by atoms with E-state index in [1.165, 1.54) is 6.26 Å². The molecule has 0 atom stereocenters. The molecule has 2 fully saturated rings.